The van der Waals surface area contributed by atoms with Gasteiger partial charge >= 0.3 is 0 Å². The Morgan fingerprint density at radius 3 is 2.69 bits per heavy atom. The molecule has 0 saturated carbocycles. The van der Waals surface area contributed by atoms with Crippen LogP contribution in [0.15, 0.2) is 18.2 Å². The van der Waals surface area contributed by atoms with Gasteiger partial charge in [0.2, 0.25) is 0 Å². The number of ketones is 1. The Bertz CT molecular complexity index is 442. The van der Waals surface area contributed by atoms with Gasteiger partial charge in [-0.1, -0.05) is 29.3 Å². The molecule has 16 heavy (non-hydrogen) atoms. The van der Waals surface area contributed by atoms with E-state index >= 15 is 0 Å². The number of carbonyl (C=O) groups is 1. The molecule has 0 fully saturated rings. The van der Waals surface area contributed by atoms with Crippen LogP contribution in [-0.2, 0) is 11.2 Å². The van der Waals surface area contributed by atoms with E-state index in [1.54, 1.807) is 12.1 Å². The molecular formula is C11H9Cl2NOS. The lowest BCUT2D eigenvalue weighted by molar-refractivity contribution is -0.116. The van der Waals surface area contributed by atoms with Crippen LogP contribution in [0.1, 0.15) is 12.5 Å². The van der Waals surface area contributed by atoms with Gasteiger partial charge in [0.15, 0.2) is 0 Å². The standard InChI is InChI=1S/C11H9Cl2NOS/c1-7(15)11(16-6-14)5-8-2-3-9(12)10(13)4-8/h2-4,11H,5H2,1H3/t11-/m0/s1. The Hall–Kier alpha value is -0.690. The molecule has 2 nitrogen and oxygen atoms in total. The first-order chi connectivity index (χ1) is 7.54. The van der Waals surface area contributed by atoms with Gasteiger partial charge in [-0.2, -0.15) is 5.26 Å². The molecule has 1 rings (SSSR count). The average Bonchev–Trinajstić information content (AvgIpc) is 2.22. The van der Waals surface area contributed by atoms with Crippen molar-refractivity contribution in [3.8, 4) is 5.40 Å². The molecule has 0 spiro atoms. The zero-order valence-electron chi connectivity index (χ0n) is 8.54. The summed E-state index contributed by atoms with van der Waals surface area (Å²) in [6, 6.07) is 5.22. The van der Waals surface area contributed by atoms with E-state index in [0.717, 1.165) is 17.3 Å². The smallest absolute Gasteiger partial charge is 0.144 e. The van der Waals surface area contributed by atoms with Crippen molar-refractivity contribution in [1.82, 2.24) is 0 Å². The number of hydrogen-bond acceptors (Lipinski definition) is 3. The number of thiocyanates is 1. The molecule has 1 aromatic carbocycles. The Kier molecular flexibility index (Phi) is 5.14. The number of nitriles is 1. The number of hydrogen-bond donors (Lipinski definition) is 0. The maximum Gasteiger partial charge on any atom is 0.144 e. The first-order valence-electron chi connectivity index (χ1n) is 4.53. The van der Waals surface area contributed by atoms with Crippen molar-refractivity contribution in [1.29, 1.82) is 5.26 Å². The van der Waals surface area contributed by atoms with Crippen LogP contribution >= 0.6 is 35.0 Å². The van der Waals surface area contributed by atoms with Crippen molar-refractivity contribution in [2.45, 2.75) is 18.6 Å². The fourth-order valence-corrected chi connectivity index (χ4v) is 2.10. The number of nitrogens with zero attached hydrogens (tertiary/aromatic N) is 1. The molecule has 84 valence electrons. The molecule has 1 aromatic rings. The third kappa shape index (κ3) is 3.71. The van der Waals surface area contributed by atoms with Crippen molar-refractivity contribution in [3.05, 3.63) is 33.8 Å². The molecule has 0 aromatic heterocycles. The first kappa shape index (κ1) is 13.4. The fourth-order valence-electron chi connectivity index (χ4n) is 1.21. The van der Waals surface area contributed by atoms with Crippen LogP contribution in [-0.4, -0.2) is 11.0 Å². The molecule has 0 bridgehead atoms. The monoisotopic (exact) mass is 273 g/mol. The minimum absolute atomic E-state index is 0.0161. The highest BCUT2D eigenvalue weighted by molar-refractivity contribution is 8.04. The topological polar surface area (TPSA) is 40.9 Å². The molecule has 0 aliphatic heterocycles. The highest BCUT2D eigenvalue weighted by atomic mass is 35.5. The van der Waals surface area contributed by atoms with Crippen molar-refractivity contribution in [2.24, 2.45) is 0 Å². The molecule has 0 saturated heterocycles. The van der Waals surface area contributed by atoms with E-state index in [1.165, 1.54) is 6.92 Å². The van der Waals surface area contributed by atoms with Crippen molar-refractivity contribution in [2.75, 3.05) is 0 Å². The largest absolute Gasteiger partial charge is 0.299 e. The Labute approximate surface area is 109 Å². The summed E-state index contributed by atoms with van der Waals surface area (Å²) >= 11 is 12.6. The lowest BCUT2D eigenvalue weighted by Gasteiger charge is -2.09. The summed E-state index contributed by atoms with van der Waals surface area (Å²) in [7, 11) is 0. The lowest BCUT2D eigenvalue weighted by atomic mass is 10.1. The van der Waals surface area contributed by atoms with Gasteiger partial charge in [-0.25, -0.2) is 0 Å². The van der Waals surface area contributed by atoms with Crippen LogP contribution in [0.4, 0.5) is 0 Å². The summed E-state index contributed by atoms with van der Waals surface area (Å²) in [6.07, 6.45) is 0.491. The second kappa shape index (κ2) is 6.15. The van der Waals surface area contributed by atoms with E-state index in [-0.39, 0.29) is 11.0 Å². The molecule has 0 N–H and O–H groups in total. The lowest BCUT2D eigenvalue weighted by Crippen LogP contribution is -2.15. The van der Waals surface area contributed by atoms with Gasteiger partial charge in [-0.15, -0.1) is 0 Å². The minimum Gasteiger partial charge on any atom is -0.299 e. The van der Waals surface area contributed by atoms with Crippen molar-refractivity contribution >= 4 is 40.7 Å². The normalized spacial score (nSPS) is 11.9. The average molecular weight is 274 g/mol. The van der Waals surface area contributed by atoms with Crippen LogP contribution < -0.4 is 0 Å². The maximum atomic E-state index is 11.3. The molecular weight excluding hydrogens is 265 g/mol. The maximum absolute atomic E-state index is 11.3. The molecule has 5 heteroatoms. The van der Waals surface area contributed by atoms with Crippen LogP contribution in [0.25, 0.3) is 0 Å². The zero-order chi connectivity index (χ0) is 12.1. The van der Waals surface area contributed by atoms with Crippen molar-refractivity contribution < 1.29 is 4.79 Å². The minimum atomic E-state index is -0.345. The summed E-state index contributed by atoms with van der Waals surface area (Å²) in [5.74, 6) is -0.0161. The SMILES string of the molecule is CC(=O)[C@H](Cc1ccc(Cl)c(Cl)c1)SC#N. The number of Topliss-reactive ketones (excluding diaryl/α,β-unsaturated/α-hetero) is 1. The predicted octanol–water partition coefficient (Wildman–Crippen LogP) is 3.71. The number of rotatable bonds is 4. The van der Waals surface area contributed by atoms with Crippen LogP contribution in [0.2, 0.25) is 10.0 Å². The Balaban J connectivity index is 2.82. The highest BCUT2D eigenvalue weighted by Gasteiger charge is 2.16. The van der Waals surface area contributed by atoms with E-state index in [1.807, 2.05) is 11.5 Å². The van der Waals surface area contributed by atoms with Gasteiger partial charge in [0.05, 0.1) is 15.3 Å². The third-order valence-corrected chi connectivity index (χ3v) is 3.68. The summed E-state index contributed by atoms with van der Waals surface area (Å²) in [4.78, 5) is 11.3. The molecule has 0 aliphatic carbocycles. The summed E-state index contributed by atoms with van der Waals surface area (Å²) in [5.41, 5.74) is 0.900. The van der Waals surface area contributed by atoms with E-state index in [0.29, 0.717) is 16.5 Å². The first-order valence-corrected chi connectivity index (χ1v) is 6.17. The number of thioether (sulfide) groups is 1. The molecule has 0 amide bonds. The fraction of sp³-hybridized carbons (Fsp3) is 0.273. The second-order valence-electron chi connectivity index (χ2n) is 3.26. The Morgan fingerprint density at radius 1 is 1.50 bits per heavy atom. The van der Waals surface area contributed by atoms with Crippen LogP contribution in [0.5, 0.6) is 0 Å². The summed E-state index contributed by atoms with van der Waals surface area (Å²) in [5, 5.41) is 11.1. The molecule has 0 unspecified atom stereocenters. The number of carbonyl (C=O) groups excluding carboxylic acids is 1. The van der Waals surface area contributed by atoms with Gasteiger partial charge in [0, 0.05) is 0 Å². The van der Waals surface area contributed by atoms with Gasteiger partial charge in [0.25, 0.3) is 0 Å². The van der Waals surface area contributed by atoms with E-state index in [9.17, 15) is 4.79 Å². The molecule has 0 heterocycles. The number of benzene rings is 1. The third-order valence-electron chi connectivity index (χ3n) is 2.05. The zero-order valence-corrected chi connectivity index (χ0v) is 10.9. The second-order valence-corrected chi connectivity index (χ2v) is 5.06. The van der Waals surface area contributed by atoms with Gasteiger partial charge in [-0.3, -0.25) is 4.79 Å². The predicted molar refractivity (Wildman–Crippen MR) is 67.8 cm³/mol. The summed E-state index contributed by atoms with van der Waals surface area (Å²) in [6.45, 7) is 1.48. The van der Waals surface area contributed by atoms with Crippen LogP contribution in [0.3, 0.4) is 0 Å². The molecule has 0 aliphatic rings. The highest BCUT2D eigenvalue weighted by Crippen LogP contribution is 2.25. The van der Waals surface area contributed by atoms with Crippen LogP contribution in [0, 0.1) is 10.7 Å². The molecule has 1 atom stereocenters. The van der Waals surface area contributed by atoms with Crippen molar-refractivity contribution in [3.63, 3.8) is 0 Å². The quantitative estimate of drug-likeness (QED) is 0.786. The summed E-state index contributed by atoms with van der Waals surface area (Å²) < 4.78 is 0. The van der Waals surface area contributed by atoms with Gasteiger partial charge < -0.3 is 0 Å². The van der Waals surface area contributed by atoms with E-state index in [2.05, 4.69) is 0 Å². The van der Waals surface area contributed by atoms with E-state index < -0.39 is 0 Å². The van der Waals surface area contributed by atoms with E-state index in [4.69, 9.17) is 28.5 Å². The number of halogens is 2. The van der Waals surface area contributed by atoms with Gasteiger partial charge in [-0.05, 0) is 42.8 Å². The Morgan fingerprint density at radius 2 is 2.19 bits per heavy atom. The molecule has 0 radical (unpaired) electrons. The van der Waals surface area contributed by atoms with Gasteiger partial charge in [0.1, 0.15) is 11.2 Å².